The highest BCUT2D eigenvalue weighted by Crippen LogP contribution is 2.44. The van der Waals surface area contributed by atoms with Crippen LogP contribution < -0.4 is 5.73 Å². The van der Waals surface area contributed by atoms with Crippen LogP contribution in [0.5, 0.6) is 0 Å². The van der Waals surface area contributed by atoms with Gasteiger partial charge in [-0.15, -0.1) is 0 Å². The van der Waals surface area contributed by atoms with Crippen LogP contribution in [0.25, 0.3) is 65.6 Å². The topological polar surface area (TPSA) is 35.9 Å². The maximum Gasteiger partial charge on any atom is 0.0788 e. The summed E-state index contributed by atoms with van der Waals surface area (Å²) in [4.78, 5) is 0. The fraction of sp³-hybridized carbons (Fsp3) is 0. The Balaban J connectivity index is 1.71. The minimum atomic E-state index is 0.762. The van der Waals surface area contributed by atoms with E-state index in [1.165, 1.54) is 54.3 Å². The Hall–Kier alpha value is -5.02. The van der Waals surface area contributed by atoms with Crippen molar-refractivity contribution < 1.29 is 0 Å². The van der Waals surface area contributed by atoms with Gasteiger partial charge in [0.2, 0.25) is 0 Å². The number of hydrogen-bond donors (Lipinski definition) is 1. The molecule has 0 aliphatic rings. The van der Waals surface area contributed by atoms with Crippen LogP contribution in [0.3, 0.4) is 0 Å². The van der Waals surface area contributed by atoms with Crippen LogP contribution in [0.15, 0.2) is 128 Å². The second-order valence-electron chi connectivity index (χ2n) is 9.66. The Labute approximate surface area is 213 Å². The predicted molar refractivity (Wildman–Crippen MR) is 157 cm³/mol. The molecule has 174 valence electrons. The number of nitrogens with zero attached hydrogens (tertiary/aromatic N) is 2. The summed E-state index contributed by atoms with van der Waals surface area (Å²) >= 11 is 0. The third kappa shape index (κ3) is 2.77. The van der Waals surface area contributed by atoms with Gasteiger partial charge in [0.1, 0.15) is 0 Å². The number of fused-ring (bicyclic) bond motifs is 10. The summed E-state index contributed by atoms with van der Waals surface area (Å²) in [5.41, 5.74) is 12.8. The molecule has 2 N–H and O–H groups in total. The van der Waals surface area contributed by atoms with Crippen molar-refractivity contribution in [3.63, 3.8) is 0 Å². The minimum Gasteiger partial charge on any atom is -0.399 e. The van der Waals surface area contributed by atoms with Crippen molar-refractivity contribution in [3.8, 4) is 11.4 Å². The summed E-state index contributed by atoms with van der Waals surface area (Å²) in [5, 5.41) is 8.80. The van der Waals surface area contributed by atoms with Gasteiger partial charge in [-0.05, 0) is 58.6 Å². The van der Waals surface area contributed by atoms with Crippen LogP contribution in [0.4, 0.5) is 5.69 Å². The van der Waals surface area contributed by atoms with E-state index in [4.69, 9.17) is 5.73 Å². The molecule has 0 radical (unpaired) electrons. The molecule has 3 nitrogen and oxygen atoms in total. The zero-order valence-electron chi connectivity index (χ0n) is 20.1. The lowest BCUT2D eigenvalue weighted by Crippen LogP contribution is -1.98. The van der Waals surface area contributed by atoms with E-state index in [0.29, 0.717) is 0 Å². The maximum atomic E-state index is 6.13. The number of rotatable bonds is 2. The van der Waals surface area contributed by atoms with E-state index in [9.17, 15) is 0 Å². The third-order valence-corrected chi connectivity index (χ3v) is 7.63. The summed E-state index contributed by atoms with van der Waals surface area (Å²) in [7, 11) is 0. The number of aromatic nitrogens is 2. The Morgan fingerprint density at radius 2 is 1.08 bits per heavy atom. The molecule has 37 heavy (non-hydrogen) atoms. The molecule has 0 saturated carbocycles. The molecule has 0 fully saturated rings. The Morgan fingerprint density at radius 3 is 1.84 bits per heavy atom. The molecule has 0 spiro atoms. The first-order valence-corrected chi connectivity index (χ1v) is 12.6. The SMILES string of the molecule is Nc1ccc(-n2c3c4ccccc4c4ccccc4c3c3ccc4ccn(-c5ccccc5)c4c32)cc1. The third-order valence-electron chi connectivity index (χ3n) is 7.63. The van der Waals surface area contributed by atoms with E-state index in [2.05, 4.69) is 125 Å². The number of nitrogen functional groups attached to an aromatic ring is 1. The summed E-state index contributed by atoms with van der Waals surface area (Å²) in [5.74, 6) is 0. The summed E-state index contributed by atoms with van der Waals surface area (Å²) < 4.78 is 4.76. The molecule has 2 aromatic heterocycles. The van der Waals surface area contributed by atoms with Gasteiger partial charge in [0.05, 0.1) is 16.6 Å². The molecule has 6 aromatic carbocycles. The second kappa shape index (κ2) is 7.49. The lowest BCUT2D eigenvalue weighted by atomic mass is 9.96. The van der Waals surface area contributed by atoms with E-state index in [0.717, 1.165) is 17.1 Å². The number of nitrogens with two attached hydrogens (primary N) is 1. The van der Waals surface area contributed by atoms with Gasteiger partial charge in [-0.25, -0.2) is 0 Å². The number of benzene rings is 6. The van der Waals surface area contributed by atoms with Crippen molar-refractivity contribution in [1.29, 1.82) is 0 Å². The largest absolute Gasteiger partial charge is 0.399 e. The summed E-state index contributed by atoms with van der Waals surface area (Å²) in [6.45, 7) is 0. The zero-order valence-corrected chi connectivity index (χ0v) is 20.1. The van der Waals surface area contributed by atoms with Crippen molar-refractivity contribution in [2.45, 2.75) is 0 Å². The molecule has 3 heteroatoms. The standard InChI is InChI=1S/C34H23N3/c35-23-15-17-25(18-16-23)37-33-29-13-7-5-11-27(29)26-10-4-6-12-28(26)31(33)30-19-14-22-20-21-36(32(22)34(30)37)24-8-2-1-3-9-24/h1-21H,35H2. The van der Waals surface area contributed by atoms with E-state index < -0.39 is 0 Å². The van der Waals surface area contributed by atoms with Gasteiger partial charge in [-0.1, -0.05) is 78.9 Å². The van der Waals surface area contributed by atoms with Gasteiger partial charge in [-0.2, -0.15) is 0 Å². The van der Waals surface area contributed by atoms with Crippen molar-refractivity contribution in [3.05, 3.63) is 128 Å². The van der Waals surface area contributed by atoms with Crippen LogP contribution in [0.2, 0.25) is 0 Å². The molecule has 0 atom stereocenters. The molecule has 8 rings (SSSR count). The second-order valence-corrected chi connectivity index (χ2v) is 9.66. The smallest absolute Gasteiger partial charge is 0.0788 e. The van der Waals surface area contributed by atoms with Crippen LogP contribution in [-0.4, -0.2) is 9.13 Å². The van der Waals surface area contributed by atoms with Gasteiger partial charge in [0, 0.05) is 44.8 Å². The molecule has 0 bridgehead atoms. The van der Waals surface area contributed by atoms with Gasteiger partial charge in [0.25, 0.3) is 0 Å². The molecule has 0 aliphatic heterocycles. The molecular formula is C34H23N3. The average molecular weight is 474 g/mol. The van der Waals surface area contributed by atoms with Gasteiger partial charge < -0.3 is 14.9 Å². The normalized spacial score (nSPS) is 11.9. The zero-order chi connectivity index (χ0) is 24.5. The molecule has 0 aliphatic carbocycles. The number of para-hydroxylation sites is 1. The van der Waals surface area contributed by atoms with Crippen LogP contribution >= 0.6 is 0 Å². The van der Waals surface area contributed by atoms with Gasteiger partial charge >= 0.3 is 0 Å². The van der Waals surface area contributed by atoms with E-state index in [1.807, 2.05) is 12.1 Å². The first kappa shape index (κ1) is 20.2. The molecule has 0 amide bonds. The minimum absolute atomic E-state index is 0.762. The molecular weight excluding hydrogens is 450 g/mol. The maximum absolute atomic E-state index is 6.13. The van der Waals surface area contributed by atoms with Crippen molar-refractivity contribution >= 4 is 59.9 Å². The van der Waals surface area contributed by atoms with Crippen LogP contribution in [0, 0.1) is 0 Å². The highest BCUT2D eigenvalue weighted by atomic mass is 15.0. The van der Waals surface area contributed by atoms with Crippen LogP contribution in [0.1, 0.15) is 0 Å². The molecule has 0 unspecified atom stereocenters. The first-order chi connectivity index (χ1) is 18.3. The summed E-state index contributed by atoms with van der Waals surface area (Å²) in [6, 6.07) is 43.2. The van der Waals surface area contributed by atoms with Crippen molar-refractivity contribution in [2.24, 2.45) is 0 Å². The monoisotopic (exact) mass is 473 g/mol. The molecule has 2 heterocycles. The fourth-order valence-electron chi connectivity index (χ4n) is 6.07. The number of hydrogen-bond acceptors (Lipinski definition) is 1. The Bertz CT molecular complexity index is 2130. The van der Waals surface area contributed by atoms with Gasteiger partial charge in [0.15, 0.2) is 0 Å². The van der Waals surface area contributed by atoms with E-state index in [1.54, 1.807) is 0 Å². The Kier molecular flexibility index (Phi) is 4.09. The van der Waals surface area contributed by atoms with E-state index in [-0.39, 0.29) is 0 Å². The van der Waals surface area contributed by atoms with E-state index >= 15 is 0 Å². The van der Waals surface area contributed by atoms with Crippen LogP contribution in [-0.2, 0) is 0 Å². The highest BCUT2D eigenvalue weighted by molar-refractivity contribution is 6.34. The average Bonchev–Trinajstić information content (AvgIpc) is 3.54. The summed E-state index contributed by atoms with van der Waals surface area (Å²) in [6.07, 6.45) is 2.18. The quantitative estimate of drug-likeness (QED) is 0.198. The number of anilines is 1. The molecule has 8 aromatic rings. The lowest BCUT2D eigenvalue weighted by molar-refractivity contribution is 1.12. The van der Waals surface area contributed by atoms with Crippen molar-refractivity contribution in [1.82, 2.24) is 9.13 Å². The van der Waals surface area contributed by atoms with Gasteiger partial charge in [-0.3, -0.25) is 0 Å². The lowest BCUT2D eigenvalue weighted by Gasteiger charge is -2.13. The molecule has 0 saturated heterocycles. The highest BCUT2D eigenvalue weighted by Gasteiger charge is 2.22. The van der Waals surface area contributed by atoms with Crippen molar-refractivity contribution in [2.75, 3.05) is 5.73 Å². The fourth-order valence-corrected chi connectivity index (χ4v) is 6.07. The first-order valence-electron chi connectivity index (χ1n) is 12.6. The predicted octanol–water partition coefficient (Wildman–Crippen LogP) is 8.62. The Morgan fingerprint density at radius 1 is 0.432 bits per heavy atom.